The number of anilines is 1. The molecule has 5 rings (SSSR count). The fourth-order valence-electron chi connectivity index (χ4n) is 4.17. The van der Waals surface area contributed by atoms with E-state index in [1.54, 1.807) is 4.90 Å². The Kier molecular flexibility index (Phi) is 4.02. The van der Waals surface area contributed by atoms with Gasteiger partial charge in [0.2, 0.25) is 12.7 Å². The third kappa shape index (κ3) is 2.72. The van der Waals surface area contributed by atoms with E-state index >= 15 is 0 Å². The first-order valence-corrected chi connectivity index (χ1v) is 9.54. The number of carbonyl (C=O) groups is 1. The van der Waals surface area contributed by atoms with Gasteiger partial charge in [0.1, 0.15) is 0 Å². The van der Waals surface area contributed by atoms with Crippen LogP contribution in [0.4, 0.5) is 5.69 Å². The van der Waals surface area contributed by atoms with Crippen molar-refractivity contribution >= 4 is 34.0 Å². The van der Waals surface area contributed by atoms with E-state index in [1.807, 2.05) is 42.5 Å². The smallest absolute Gasteiger partial charge is 0.231 e. The largest absolute Gasteiger partial charge is 0.454 e. The van der Waals surface area contributed by atoms with Gasteiger partial charge in [-0.05, 0) is 40.1 Å². The summed E-state index contributed by atoms with van der Waals surface area (Å²) >= 11 is 6.06. The van der Waals surface area contributed by atoms with Gasteiger partial charge >= 0.3 is 0 Å². The zero-order chi connectivity index (χ0) is 19.3. The number of halogens is 1. The normalized spacial score (nSPS) is 17.7. The molecule has 28 heavy (non-hydrogen) atoms. The lowest BCUT2D eigenvalue weighted by Gasteiger charge is -2.35. The average molecular weight is 392 g/mol. The second-order valence-corrected chi connectivity index (χ2v) is 7.62. The molecule has 2 aliphatic heterocycles. The minimum absolute atomic E-state index is 0.0345. The highest BCUT2D eigenvalue weighted by Gasteiger charge is 2.34. The van der Waals surface area contributed by atoms with E-state index in [2.05, 4.69) is 18.7 Å². The number of ether oxygens (including phenoxy) is 2. The monoisotopic (exact) mass is 391 g/mol. The number of carbonyl (C=O) groups excluding carboxylic acids is 1. The molecule has 4 nitrogen and oxygen atoms in total. The quantitative estimate of drug-likeness (QED) is 0.616. The second kappa shape index (κ2) is 6.57. The maximum Gasteiger partial charge on any atom is 0.231 e. The van der Waals surface area contributed by atoms with Crippen LogP contribution >= 0.6 is 11.6 Å². The average Bonchev–Trinajstić information content (AvgIpc) is 3.17. The van der Waals surface area contributed by atoms with Crippen molar-refractivity contribution < 1.29 is 14.3 Å². The van der Waals surface area contributed by atoms with Crippen molar-refractivity contribution in [2.45, 2.75) is 12.3 Å². The van der Waals surface area contributed by atoms with Crippen LogP contribution in [0.15, 0.2) is 66.2 Å². The Morgan fingerprint density at radius 3 is 2.79 bits per heavy atom. The molecule has 0 saturated heterocycles. The molecule has 3 aromatic carbocycles. The van der Waals surface area contributed by atoms with Crippen LogP contribution in [0.1, 0.15) is 23.5 Å². The SMILES string of the molecule is C=C(Cl)CN1C(=O)CC(c2ccc3c(c2)OCO3)c2c1ccc1ccccc21. The summed E-state index contributed by atoms with van der Waals surface area (Å²) in [6.07, 6.45) is 0.366. The molecule has 0 saturated carbocycles. The molecule has 1 amide bonds. The van der Waals surface area contributed by atoms with Gasteiger partial charge < -0.3 is 14.4 Å². The third-order valence-corrected chi connectivity index (χ3v) is 5.51. The van der Waals surface area contributed by atoms with Crippen molar-refractivity contribution in [3.63, 3.8) is 0 Å². The fourth-order valence-corrected chi connectivity index (χ4v) is 4.29. The van der Waals surface area contributed by atoms with Crippen molar-refractivity contribution in [2.24, 2.45) is 0 Å². The van der Waals surface area contributed by atoms with Crippen molar-refractivity contribution in [1.29, 1.82) is 0 Å². The predicted octanol–water partition coefficient (Wildman–Crippen LogP) is 5.19. The van der Waals surface area contributed by atoms with Crippen LogP contribution in [0.3, 0.4) is 0 Å². The predicted molar refractivity (Wildman–Crippen MR) is 110 cm³/mol. The van der Waals surface area contributed by atoms with E-state index in [4.69, 9.17) is 21.1 Å². The summed E-state index contributed by atoms with van der Waals surface area (Å²) in [6, 6.07) is 18.2. The molecule has 140 valence electrons. The van der Waals surface area contributed by atoms with E-state index in [0.717, 1.165) is 39.1 Å². The maximum atomic E-state index is 13.0. The van der Waals surface area contributed by atoms with E-state index < -0.39 is 0 Å². The van der Waals surface area contributed by atoms with E-state index in [9.17, 15) is 4.79 Å². The molecule has 1 unspecified atom stereocenters. The topological polar surface area (TPSA) is 38.8 Å². The van der Waals surface area contributed by atoms with Gasteiger partial charge in [-0.15, -0.1) is 0 Å². The number of hydrogen-bond acceptors (Lipinski definition) is 3. The van der Waals surface area contributed by atoms with Crippen molar-refractivity contribution in [2.75, 3.05) is 18.2 Å². The molecule has 0 fully saturated rings. The van der Waals surface area contributed by atoms with Gasteiger partial charge in [-0.25, -0.2) is 0 Å². The molecular formula is C23H18ClNO3. The summed E-state index contributed by atoms with van der Waals surface area (Å²) in [5.74, 6) is 1.43. The van der Waals surface area contributed by atoms with Gasteiger partial charge in [0.05, 0.1) is 6.54 Å². The van der Waals surface area contributed by atoms with Crippen LogP contribution in [0, 0.1) is 0 Å². The van der Waals surface area contributed by atoms with Gasteiger partial charge in [-0.1, -0.05) is 54.6 Å². The van der Waals surface area contributed by atoms with Crippen LogP contribution in [0.5, 0.6) is 11.5 Å². The lowest BCUT2D eigenvalue weighted by molar-refractivity contribution is -0.119. The number of benzene rings is 3. The molecule has 2 heterocycles. The summed E-state index contributed by atoms with van der Waals surface area (Å²) in [5.41, 5.74) is 3.06. The number of nitrogens with zero attached hydrogens (tertiary/aromatic N) is 1. The number of amides is 1. The summed E-state index contributed by atoms with van der Waals surface area (Å²) in [6.45, 7) is 4.31. The van der Waals surface area contributed by atoms with Gasteiger partial charge in [0, 0.05) is 23.1 Å². The van der Waals surface area contributed by atoms with Gasteiger partial charge in [0.25, 0.3) is 0 Å². The highest BCUT2D eigenvalue weighted by molar-refractivity contribution is 6.30. The molecule has 0 aromatic heterocycles. The van der Waals surface area contributed by atoms with Gasteiger partial charge in [-0.3, -0.25) is 4.79 Å². The van der Waals surface area contributed by atoms with E-state index in [0.29, 0.717) is 18.0 Å². The highest BCUT2D eigenvalue weighted by Crippen LogP contribution is 2.46. The van der Waals surface area contributed by atoms with Crippen LogP contribution < -0.4 is 14.4 Å². The van der Waals surface area contributed by atoms with Crippen molar-refractivity contribution in [1.82, 2.24) is 0 Å². The fraction of sp³-hybridized carbons (Fsp3) is 0.174. The van der Waals surface area contributed by atoms with Gasteiger partial charge in [-0.2, -0.15) is 0 Å². The Bertz CT molecular complexity index is 1120. The molecule has 5 heteroatoms. The zero-order valence-corrected chi connectivity index (χ0v) is 15.9. The first kappa shape index (κ1) is 17.1. The summed E-state index contributed by atoms with van der Waals surface area (Å²) < 4.78 is 11.0. The van der Waals surface area contributed by atoms with Crippen LogP contribution in [-0.4, -0.2) is 19.2 Å². The van der Waals surface area contributed by atoms with E-state index in [-0.39, 0.29) is 18.6 Å². The summed E-state index contributed by atoms with van der Waals surface area (Å²) in [4.78, 5) is 14.8. The molecule has 3 aromatic rings. The maximum absolute atomic E-state index is 13.0. The standard InChI is InChI=1S/C23H18ClNO3/c1-14(24)12-25-19-8-6-15-4-2-3-5-17(15)23(19)18(11-22(25)26)16-7-9-20-21(10-16)28-13-27-20/h2-10,18H,1,11-13H2. The Morgan fingerprint density at radius 1 is 1.11 bits per heavy atom. The number of fused-ring (bicyclic) bond motifs is 4. The Labute approximate surface area is 167 Å². The van der Waals surface area contributed by atoms with E-state index in [1.165, 1.54) is 0 Å². The Hall–Kier alpha value is -2.98. The lowest BCUT2D eigenvalue weighted by atomic mass is 9.81. The van der Waals surface area contributed by atoms with Crippen LogP contribution in [0.2, 0.25) is 0 Å². The molecule has 1 atom stereocenters. The lowest BCUT2D eigenvalue weighted by Crippen LogP contribution is -2.37. The number of rotatable bonds is 3. The molecular weight excluding hydrogens is 374 g/mol. The summed E-state index contributed by atoms with van der Waals surface area (Å²) in [5, 5.41) is 2.72. The van der Waals surface area contributed by atoms with Crippen molar-refractivity contribution in [3.05, 3.63) is 77.3 Å². The molecule has 0 spiro atoms. The number of hydrogen-bond donors (Lipinski definition) is 0. The Balaban J connectivity index is 1.72. The molecule has 0 radical (unpaired) electrons. The minimum Gasteiger partial charge on any atom is -0.454 e. The molecule has 0 aliphatic carbocycles. The Morgan fingerprint density at radius 2 is 1.93 bits per heavy atom. The first-order valence-electron chi connectivity index (χ1n) is 9.16. The second-order valence-electron chi connectivity index (χ2n) is 7.09. The zero-order valence-electron chi connectivity index (χ0n) is 15.2. The molecule has 0 N–H and O–H groups in total. The van der Waals surface area contributed by atoms with Gasteiger partial charge in [0.15, 0.2) is 11.5 Å². The first-order chi connectivity index (χ1) is 13.6. The minimum atomic E-state index is -0.0667. The third-order valence-electron chi connectivity index (χ3n) is 5.40. The molecule has 2 aliphatic rings. The highest BCUT2D eigenvalue weighted by atomic mass is 35.5. The van der Waals surface area contributed by atoms with Crippen molar-refractivity contribution in [3.8, 4) is 11.5 Å². The molecule has 0 bridgehead atoms. The summed E-state index contributed by atoms with van der Waals surface area (Å²) in [7, 11) is 0. The van der Waals surface area contributed by atoms with Crippen LogP contribution in [0.25, 0.3) is 10.8 Å². The van der Waals surface area contributed by atoms with Crippen LogP contribution in [-0.2, 0) is 4.79 Å².